The van der Waals surface area contributed by atoms with Crippen LogP contribution in [-0.4, -0.2) is 17.6 Å². The molecule has 1 amide bonds. The Morgan fingerprint density at radius 1 is 1.25 bits per heavy atom. The molecular weight excluding hydrogens is 276 g/mol. The maximum absolute atomic E-state index is 12.1. The molecule has 4 nitrogen and oxygen atoms in total. The zero-order valence-electron chi connectivity index (χ0n) is 10.8. The zero-order chi connectivity index (χ0) is 13.9. The van der Waals surface area contributed by atoms with Gasteiger partial charge in [0.15, 0.2) is 0 Å². The molecule has 1 aromatic carbocycles. The summed E-state index contributed by atoms with van der Waals surface area (Å²) in [7, 11) is 0. The quantitative estimate of drug-likeness (QED) is 0.795. The summed E-state index contributed by atoms with van der Waals surface area (Å²) in [5.41, 5.74) is 1.98. The smallest absolute Gasteiger partial charge is 0.415 e. The van der Waals surface area contributed by atoms with Gasteiger partial charge in [-0.05, 0) is 23.6 Å². The highest BCUT2D eigenvalue weighted by Gasteiger charge is 2.27. The Morgan fingerprint density at radius 3 is 2.85 bits per heavy atom. The lowest BCUT2D eigenvalue weighted by molar-refractivity contribution is 0.147. The largest absolute Gasteiger partial charge is 0.444 e. The van der Waals surface area contributed by atoms with Gasteiger partial charge in [-0.3, -0.25) is 4.90 Å². The average Bonchev–Trinajstić information content (AvgIpc) is 2.89. The van der Waals surface area contributed by atoms with Gasteiger partial charge in [-0.2, -0.15) is 0 Å². The molecule has 20 heavy (non-hydrogen) atoms. The molecule has 0 saturated carbocycles. The summed E-state index contributed by atoms with van der Waals surface area (Å²) in [5, 5.41) is 0.381. The van der Waals surface area contributed by atoms with E-state index in [1.165, 1.54) is 4.90 Å². The molecule has 0 saturated heterocycles. The van der Waals surface area contributed by atoms with E-state index in [0.717, 1.165) is 17.5 Å². The predicted molar refractivity (Wildman–Crippen MR) is 76.9 cm³/mol. The highest BCUT2D eigenvalue weighted by Crippen LogP contribution is 2.27. The second kappa shape index (κ2) is 5.51. The first-order valence-electron chi connectivity index (χ1n) is 6.38. The molecule has 1 aliphatic rings. The van der Waals surface area contributed by atoms with Crippen molar-refractivity contribution in [2.45, 2.75) is 13.0 Å². The predicted octanol–water partition coefficient (Wildman–Crippen LogP) is 3.43. The first kappa shape index (κ1) is 12.9. The van der Waals surface area contributed by atoms with Crippen molar-refractivity contribution in [1.29, 1.82) is 0 Å². The number of aromatic nitrogens is 1. The SMILES string of the molecule is O=C(OCc1ccccc1)N1CCc2ccc(Cl)nc21. The average molecular weight is 289 g/mol. The number of hydrogen-bond acceptors (Lipinski definition) is 3. The molecule has 2 aromatic rings. The molecule has 0 bridgehead atoms. The summed E-state index contributed by atoms with van der Waals surface area (Å²) in [5.74, 6) is 0.607. The van der Waals surface area contributed by atoms with Crippen molar-refractivity contribution in [3.05, 3.63) is 58.7 Å². The Kier molecular flexibility index (Phi) is 3.56. The molecule has 1 aliphatic heterocycles. The van der Waals surface area contributed by atoms with Crippen molar-refractivity contribution in [2.75, 3.05) is 11.4 Å². The maximum Gasteiger partial charge on any atom is 0.415 e. The molecular formula is C15H13ClN2O2. The summed E-state index contributed by atoms with van der Waals surface area (Å²) in [6, 6.07) is 13.2. The summed E-state index contributed by atoms with van der Waals surface area (Å²) in [6.45, 7) is 0.836. The number of nitrogens with zero attached hydrogens (tertiary/aromatic N) is 2. The highest BCUT2D eigenvalue weighted by atomic mass is 35.5. The fraction of sp³-hybridized carbons (Fsp3) is 0.200. The summed E-state index contributed by atoms with van der Waals surface area (Å²) >= 11 is 5.88. The van der Waals surface area contributed by atoms with Crippen molar-refractivity contribution in [2.24, 2.45) is 0 Å². The standard InChI is InChI=1S/C15H13ClN2O2/c16-13-7-6-12-8-9-18(14(12)17-13)15(19)20-10-11-4-2-1-3-5-11/h1-7H,8-10H2. The number of carbonyl (C=O) groups is 1. The minimum absolute atomic E-state index is 0.256. The van der Waals surface area contributed by atoms with Crippen LogP contribution in [0.4, 0.5) is 10.6 Å². The van der Waals surface area contributed by atoms with Crippen LogP contribution in [0.3, 0.4) is 0 Å². The fourth-order valence-electron chi connectivity index (χ4n) is 2.20. The van der Waals surface area contributed by atoms with Crippen LogP contribution in [0.1, 0.15) is 11.1 Å². The number of carbonyl (C=O) groups excluding carboxylic acids is 1. The Balaban J connectivity index is 1.69. The third-order valence-electron chi connectivity index (χ3n) is 3.21. The molecule has 2 heterocycles. The van der Waals surface area contributed by atoms with Gasteiger partial charge in [-0.25, -0.2) is 9.78 Å². The van der Waals surface area contributed by atoms with Crippen molar-refractivity contribution in [3.63, 3.8) is 0 Å². The number of halogens is 1. The van der Waals surface area contributed by atoms with Crippen molar-refractivity contribution >= 4 is 23.5 Å². The lowest BCUT2D eigenvalue weighted by Gasteiger charge is -2.16. The van der Waals surface area contributed by atoms with E-state index in [0.29, 0.717) is 17.5 Å². The van der Waals surface area contributed by atoms with Gasteiger partial charge in [0, 0.05) is 6.54 Å². The highest BCUT2D eigenvalue weighted by molar-refractivity contribution is 6.29. The van der Waals surface area contributed by atoms with Gasteiger partial charge < -0.3 is 4.74 Å². The van der Waals surface area contributed by atoms with E-state index in [2.05, 4.69) is 4.98 Å². The Labute approximate surface area is 122 Å². The van der Waals surface area contributed by atoms with Gasteiger partial charge >= 0.3 is 6.09 Å². The van der Waals surface area contributed by atoms with Crippen LogP contribution in [0, 0.1) is 0 Å². The number of pyridine rings is 1. The van der Waals surface area contributed by atoms with Crippen molar-refractivity contribution in [3.8, 4) is 0 Å². The number of rotatable bonds is 2. The van der Waals surface area contributed by atoms with Crippen molar-refractivity contribution < 1.29 is 9.53 Å². The zero-order valence-corrected chi connectivity index (χ0v) is 11.5. The molecule has 0 atom stereocenters. The molecule has 3 rings (SSSR count). The molecule has 102 valence electrons. The molecule has 0 radical (unpaired) electrons. The lowest BCUT2D eigenvalue weighted by atomic mass is 10.2. The minimum Gasteiger partial charge on any atom is -0.444 e. The number of ether oxygens (including phenoxy) is 1. The first-order chi connectivity index (χ1) is 9.74. The van der Waals surface area contributed by atoms with Gasteiger partial charge in [0.2, 0.25) is 0 Å². The number of hydrogen-bond donors (Lipinski definition) is 0. The van der Waals surface area contributed by atoms with E-state index in [4.69, 9.17) is 16.3 Å². The second-order valence-electron chi connectivity index (χ2n) is 4.56. The van der Waals surface area contributed by atoms with Crippen LogP contribution < -0.4 is 4.90 Å². The molecule has 0 unspecified atom stereocenters. The monoisotopic (exact) mass is 288 g/mol. The fourth-order valence-corrected chi connectivity index (χ4v) is 2.34. The lowest BCUT2D eigenvalue weighted by Crippen LogP contribution is -2.30. The normalized spacial score (nSPS) is 13.2. The third kappa shape index (κ3) is 2.60. The van der Waals surface area contributed by atoms with Crippen LogP contribution in [0.25, 0.3) is 0 Å². The summed E-state index contributed by atoms with van der Waals surface area (Å²) < 4.78 is 5.31. The van der Waals surface area contributed by atoms with E-state index < -0.39 is 0 Å². The van der Waals surface area contributed by atoms with Crippen LogP contribution in [0.15, 0.2) is 42.5 Å². The van der Waals surface area contributed by atoms with E-state index >= 15 is 0 Å². The number of anilines is 1. The summed E-state index contributed by atoms with van der Waals surface area (Å²) in [6.07, 6.45) is 0.391. The van der Waals surface area contributed by atoms with E-state index in [1.54, 1.807) is 6.07 Å². The topological polar surface area (TPSA) is 42.4 Å². The van der Waals surface area contributed by atoms with E-state index in [1.807, 2.05) is 36.4 Å². The van der Waals surface area contributed by atoms with Gasteiger partial charge in [0.1, 0.15) is 17.6 Å². The minimum atomic E-state index is -0.387. The molecule has 0 fully saturated rings. The maximum atomic E-state index is 12.1. The van der Waals surface area contributed by atoms with Gasteiger partial charge in [0.05, 0.1) is 0 Å². The molecule has 1 aromatic heterocycles. The van der Waals surface area contributed by atoms with Gasteiger partial charge in [0.25, 0.3) is 0 Å². The van der Waals surface area contributed by atoms with Crippen LogP contribution >= 0.6 is 11.6 Å². The third-order valence-corrected chi connectivity index (χ3v) is 3.42. The Bertz CT molecular complexity index is 631. The van der Waals surface area contributed by atoms with E-state index in [9.17, 15) is 4.79 Å². The van der Waals surface area contributed by atoms with Crippen molar-refractivity contribution in [1.82, 2.24) is 4.98 Å². The van der Waals surface area contributed by atoms with Gasteiger partial charge in [-0.1, -0.05) is 48.0 Å². The van der Waals surface area contributed by atoms with Crippen LogP contribution in [0.5, 0.6) is 0 Å². The van der Waals surface area contributed by atoms with Gasteiger partial charge in [-0.15, -0.1) is 0 Å². The molecule has 5 heteroatoms. The van der Waals surface area contributed by atoms with Crippen LogP contribution in [0.2, 0.25) is 5.15 Å². The second-order valence-corrected chi connectivity index (χ2v) is 4.95. The molecule has 0 spiro atoms. The summed E-state index contributed by atoms with van der Waals surface area (Å²) in [4.78, 5) is 17.8. The number of amides is 1. The number of benzene rings is 1. The Morgan fingerprint density at radius 2 is 2.05 bits per heavy atom. The molecule has 0 N–H and O–H groups in total. The first-order valence-corrected chi connectivity index (χ1v) is 6.75. The number of fused-ring (bicyclic) bond motifs is 1. The molecule has 0 aliphatic carbocycles. The Hall–Kier alpha value is -2.07. The van der Waals surface area contributed by atoms with E-state index in [-0.39, 0.29) is 12.7 Å². The van der Waals surface area contributed by atoms with Crippen LogP contribution in [-0.2, 0) is 17.8 Å².